The van der Waals surface area contributed by atoms with Crippen molar-refractivity contribution in [2.24, 2.45) is 5.41 Å². The molecular weight excluding hydrogens is 306 g/mol. The first-order chi connectivity index (χ1) is 9.11. The topological polar surface area (TPSA) is 38.3 Å². The van der Waals surface area contributed by atoms with Crippen LogP contribution in [-0.2, 0) is 11.2 Å². The van der Waals surface area contributed by atoms with E-state index in [0.717, 1.165) is 41.7 Å². The van der Waals surface area contributed by atoms with Crippen molar-refractivity contribution in [3.05, 3.63) is 28.2 Å². The van der Waals surface area contributed by atoms with Gasteiger partial charge in [0.05, 0.1) is 11.6 Å². The summed E-state index contributed by atoms with van der Waals surface area (Å²) in [7, 11) is 1.64. The van der Waals surface area contributed by atoms with E-state index in [0.29, 0.717) is 12.2 Å². The molecule has 0 amide bonds. The van der Waals surface area contributed by atoms with E-state index in [-0.39, 0.29) is 5.41 Å². The highest BCUT2D eigenvalue weighted by Crippen LogP contribution is 2.33. The molecule has 0 bridgehead atoms. The molecule has 1 aromatic carbocycles. The van der Waals surface area contributed by atoms with E-state index < -0.39 is 0 Å². The molecule has 1 aliphatic heterocycles. The Balaban J connectivity index is 2.12. The van der Waals surface area contributed by atoms with Gasteiger partial charge in [0.1, 0.15) is 11.5 Å². The highest BCUT2D eigenvalue weighted by molar-refractivity contribution is 9.10. The number of carbonyl (C=O) groups excluding carboxylic acids is 1. The summed E-state index contributed by atoms with van der Waals surface area (Å²) in [6, 6.07) is 5.84. The zero-order valence-electron chi connectivity index (χ0n) is 11.5. The molecule has 4 heteroatoms. The maximum atomic E-state index is 12.5. The summed E-state index contributed by atoms with van der Waals surface area (Å²) in [5.41, 5.74) is 0.879. The molecule has 1 saturated heterocycles. The number of Topliss-reactive ketones (excluding diaryl/α,β-unsaturated/α-hetero) is 1. The van der Waals surface area contributed by atoms with Crippen LogP contribution in [0, 0.1) is 5.41 Å². The van der Waals surface area contributed by atoms with Gasteiger partial charge < -0.3 is 10.1 Å². The van der Waals surface area contributed by atoms with Crippen molar-refractivity contribution in [3.8, 4) is 5.75 Å². The van der Waals surface area contributed by atoms with Gasteiger partial charge in [-0.05, 0) is 53.0 Å². The lowest BCUT2D eigenvalue weighted by Gasteiger charge is -2.25. The van der Waals surface area contributed by atoms with E-state index in [1.54, 1.807) is 7.11 Å². The molecule has 1 aromatic rings. The Labute approximate surface area is 122 Å². The number of rotatable bonds is 5. The molecule has 0 aliphatic carbocycles. The maximum Gasteiger partial charge on any atom is 0.144 e. The number of ether oxygens (including phenoxy) is 1. The van der Waals surface area contributed by atoms with Gasteiger partial charge in [-0.1, -0.05) is 13.0 Å². The standard InChI is InChI=1S/C15H20BrNO2/c1-3-15(6-7-17-10-15)14(18)9-11-4-5-13(19-2)12(16)8-11/h4-5,8,17H,3,6-7,9-10H2,1-2H3. The van der Waals surface area contributed by atoms with Crippen LogP contribution in [0.15, 0.2) is 22.7 Å². The van der Waals surface area contributed by atoms with Crippen LogP contribution >= 0.6 is 15.9 Å². The largest absolute Gasteiger partial charge is 0.496 e. The summed E-state index contributed by atoms with van der Waals surface area (Å²) in [5, 5.41) is 3.31. The van der Waals surface area contributed by atoms with Crippen molar-refractivity contribution >= 4 is 21.7 Å². The zero-order valence-corrected chi connectivity index (χ0v) is 13.0. The fraction of sp³-hybridized carbons (Fsp3) is 0.533. The Morgan fingerprint density at radius 3 is 2.84 bits per heavy atom. The maximum absolute atomic E-state index is 12.5. The number of carbonyl (C=O) groups is 1. The lowest BCUT2D eigenvalue weighted by atomic mass is 9.78. The van der Waals surface area contributed by atoms with Gasteiger partial charge >= 0.3 is 0 Å². The summed E-state index contributed by atoms with van der Waals surface area (Å²) in [6.07, 6.45) is 2.37. The van der Waals surface area contributed by atoms with Gasteiger partial charge in [0.15, 0.2) is 0 Å². The third kappa shape index (κ3) is 3.00. The fourth-order valence-electron chi connectivity index (χ4n) is 2.67. The second-order valence-electron chi connectivity index (χ2n) is 5.13. The molecule has 104 valence electrons. The smallest absolute Gasteiger partial charge is 0.144 e. The Kier molecular flexibility index (Phi) is 4.63. The summed E-state index contributed by atoms with van der Waals surface area (Å²) >= 11 is 3.46. The van der Waals surface area contributed by atoms with E-state index >= 15 is 0 Å². The van der Waals surface area contributed by atoms with Gasteiger partial charge in [0.2, 0.25) is 0 Å². The van der Waals surface area contributed by atoms with E-state index in [1.165, 1.54) is 0 Å². The van der Waals surface area contributed by atoms with Crippen LogP contribution in [-0.4, -0.2) is 26.0 Å². The number of halogens is 1. The Morgan fingerprint density at radius 2 is 2.32 bits per heavy atom. The lowest BCUT2D eigenvalue weighted by Crippen LogP contribution is -2.34. The second-order valence-corrected chi connectivity index (χ2v) is 5.98. The second kappa shape index (κ2) is 6.06. The van der Waals surface area contributed by atoms with Gasteiger partial charge in [-0.15, -0.1) is 0 Å². The van der Waals surface area contributed by atoms with Gasteiger partial charge in [0, 0.05) is 18.4 Å². The molecular formula is C15H20BrNO2. The number of benzene rings is 1. The van der Waals surface area contributed by atoms with E-state index in [2.05, 4.69) is 28.2 Å². The molecule has 0 aromatic heterocycles. The Hall–Kier alpha value is -0.870. The molecule has 0 spiro atoms. The quantitative estimate of drug-likeness (QED) is 0.904. The number of methoxy groups -OCH3 is 1. The Morgan fingerprint density at radius 1 is 1.53 bits per heavy atom. The number of hydrogen-bond acceptors (Lipinski definition) is 3. The summed E-state index contributed by atoms with van der Waals surface area (Å²) in [6.45, 7) is 3.88. The average Bonchev–Trinajstić information content (AvgIpc) is 2.89. The highest BCUT2D eigenvalue weighted by Gasteiger charge is 2.38. The predicted octanol–water partition coefficient (Wildman–Crippen LogP) is 2.96. The fourth-order valence-corrected chi connectivity index (χ4v) is 3.26. The van der Waals surface area contributed by atoms with Gasteiger partial charge in [-0.25, -0.2) is 0 Å². The van der Waals surface area contributed by atoms with Crippen LogP contribution in [0.5, 0.6) is 5.75 Å². The van der Waals surface area contributed by atoms with Crippen LogP contribution < -0.4 is 10.1 Å². The van der Waals surface area contributed by atoms with Gasteiger partial charge in [0.25, 0.3) is 0 Å². The average molecular weight is 326 g/mol. The summed E-state index contributed by atoms with van der Waals surface area (Å²) < 4.78 is 6.10. The van der Waals surface area contributed by atoms with Crippen molar-refractivity contribution in [2.45, 2.75) is 26.2 Å². The minimum atomic E-state index is -0.160. The van der Waals surface area contributed by atoms with Crippen LogP contribution in [0.1, 0.15) is 25.3 Å². The molecule has 1 fully saturated rings. The van der Waals surface area contributed by atoms with Crippen LogP contribution in [0.4, 0.5) is 0 Å². The number of nitrogens with one attached hydrogen (secondary N) is 1. The van der Waals surface area contributed by atoms with E-state index in [4.69, 9.17) is 4.74 Å². The van der Waals surface area contributed by atoms with Gasteiger partial charge in [-0.2, -0.15) is 0 Å². The minimum Gasteiger partial charge on any atom is -0.496 e. The first-order valence-electron chi connectivity index (χ1n) is 6.68. The normalized spacial score (nSPS) is 22.5. The number of ketones is 1. The molecule has 1 N–H and O–H groups in total. The molecule has 1 aliphatic rings. The van der Waals surface area contributed by atoms with Crippen LogP contribution in [0.3, 0.4) is 0 Å². The van der Waals surface area contributed by atoms with Crippen LogP contribution in [0.25, 0.3) is 0 Å². The van der Waals surface area contributed by atoms with E-state index in [9.17, 15) is 4.79 Å². The number of hydrogen-bond donors (Lipinski definition) is 1. The predicted molar refractivity (Wildman–Crippen MR) is 79.6 cm³/mol. The first kappa shape index (κ1) is 14.5. The minimum absolute atomic E-state index is 0.160. The molecule has 3 nitrogen and oxygen atoms in total. The lowest BCUT2D eigenvalue weighted by molar-refractivity contribution is -0.127. The third-order valence-corrected chi connectivity index (χ3v) is 4.71. The molecule has 1 unspecified atom stereocenters. The van der Waals surface area contributed by atoms with Crippen LogP contribution in [0.2, 0.25) is 0 Å². The molecule has 19 heavy (non-hydrogen) atoms. The monoisotopic (exact) mass is 325 g/mol. The van der Waals surface area contributed by atoms with Crippen molar-refractivity contribution < 1.29 is 9.53 Å². The highest BCUT2D eigenvalue weighted by atomic mass is 79.9. The SMILES string of the molecule is CCC1(C(=O)Cc2ccc(OC)c(Br)c2)CCNC1. The van der Waals surface area contributed by atoms with Crippen molar-refractivity contribution in [1.82, 2.24) is 5.32 Å². The molecule has 1 heterocycles. The third-order valence-electron chi connectivity index (χ3n) is 4.09. The first-order valence-corrected chi connectivity index (χ1v) is 7.47. The van der Waals surface area contributed by atoms with Gasteiger partial charge in [-0.3, -0.25) is 4.79 Å². The van der Waals surface area contributed by atoms with E-state index in [1.807, 2.05) is 18.2 Å². The summed E-state index contributed by atoms with van der Waals surface area (Å²) in [5.74, 6) is 1.14. The Bertz CT molecular complexity index is 467. The van der Waals surface area contributed by atoms with Crippen molar-refractivity contribution in [2.75, 3.05) is 20.2 Å². The molecule has 2 rings (SSSR count). The molecule has 0 radical (unpaired) electrons. The molecule has 0 saturated carbocycles. The molecule has 1 atom stereocenters. The summed E-state index contributed by atoms with van der Waals surface area (Å²) in [4.78, 5) is 12.5. The zero-order chi connectivity index (χ0) is 13.9. The van der Waals surface area contributed by atoms with Crippen molar-refractivity contribution in [3.63, 3.8) is 0 Å². The van der Waals surface area contributed by atoms with Crippen molar-refractivity contribution in [1.29, 1.82) is 0 Å².